The van der Waals surface area contributed by atoms with Crippen LogP contribution in [0.1, 0.15) is 30.3 Å². The first-order valence-corrected chi connectivity index (χ1v) is 8.59. The predicted molar refractivity (Wildman–Crippen MR) is 88.9 cm³/mol. The lowest BCUT2D eigenvalue weighted by Crippen LogP contribution is -2.55. The Morgan fingerprint density at radius 2 is 1.91 bits per heavy atom. The molecule has 1 unspecified atom stereocenters. The summed E-state index contributed by atoms with van der Waals surface area (Å²) in [6, 6.07) is 1.75. The Labute approximate surface area is 145 Å². The van der Waals surface area contributed by atoms with Crippen LogP contribution >= 0.6 is 23.2 Å². The number of carbonyl (C=O) groups is 2. The van der Waals surface area contributed by atoms with E-state index in [2.05, 4.69) is 15.2 Å². The van der Waals surface area contributed by atoms with Crippen LogP contribution in [0.15, 0.2) is 6.07 Å². The number of hydrogen-bond acceptors (Lipinski definition) is 3. The van der Waals surface area contributed by atoms with Crippen molar-refractivity contribution >= 4 is 35.0 Å². The molecule has 0 bridgehead atoms. The monoisotopic (exact) mass is 358 g/mol. The van der Waals surface area contributed by atoms with Gasteiger partial charge in [0, 0.05) is 32.2 Å². The molecular formula is C15H20Cl2N4O2. The largest absolute Gasteiger partial charge is 0.352 e. The van der Waals surface area contributed by atoms with E-state index in [9.17, 15) is 9.59 Å². The Morgan fingerprint density at radius 1 is 1.26 bits per heavy atom. The molecule has 1 atom stereocenters. The van der Waals surface area contributed by atoms with E-state index < -0.39 is 0 Å². The minimum absolute atomic E-state index is 0.0789. The zero-order valence-electron chi connectivity index (χ0n) is 12.9. The Balaban J connectivity index is 1.53. The minimum Gasteiger partial charge on any atom is -0.352 e. The fourth-order valence-electron chi connectivity index (χ4n) is 2.72. The number of rotatable bonds is 4. The van der Waals surface area contributed by atoms with Gasteiger partial charge in [0.05, 0.1) is 11.1 Å². The van der Waals surface area contributed by atoms with Crippen molar-refractivity contribution in [3.05, 3.63) is 21.9 Å². The van der Waals surface area contributed by atoms with Gasteiger partial charge in [0.2, 0.25) is 5.91 Å². The molecule has 1 aromatic heterocycles. The van der Waals surface area contributed by atoms with Crippen molar-refractivity contribution < 1.29 is 9.59 Å². The molecule has 8 heteroatoms. The van der Waals surface area contributed by atoms with Crippen molar-refractivity contribution in [1.82, 2.24) is 20.1 Å². The van der Waals surface area contributed by atoms with Crippen molar-refractivity contribution in [1.29, 1.82) is 0 Å². The van der Waals surface area contributed by atoms with E-state index in [0.717, 1.165) is 12.8 Å². The van der Waals surface area contributed by atoms with Gasteiger partial charge in [-0.2, -0.15) is 0 Å². The summed E-state index contributed by atoms with van der Waals surface area (Å²) in [7, 11) is 0. The summed E-state index contributed by atoms with van der Waals surface area (Å²) in [6.07, 6.45) is 2.17. The van der Waals surface area contributed by atoms with Crippen LogP contribution in [0.3, 0.4) is 0 Å². The smallest absolute Gasteiger partial charge is 0.270 e. The Bertz CT molecular complexity index is 587. The zero-order chi connectivity index (χ0) is 16.6. The number of hydrogen-bond donors (Lipinski definition) is 2. The molecule has 1 saturated carbocycles. The number of aromatic amines is 1. The second-order valence-electron chi connectivity index (χ2n) is 6.13. The molecule has 2 heterocycles. The Morgan fingerprint density at radius 3 is 2.43 bits per heavy atom. The Hall–Kier alpha value is -1.24. The van der Waals surface area contributed by atoms with Gasteiger partial charge in [0.1, 0.15) is 10.8 Å². The molecule has 1 aliphatic heterocycles. The molecule has 0 spiro atoms. The van der Waals surface area contributed by atoms with Crippen LogP contribution in [0.4, 0.5) is 0 Å². The van der Waals surface area contributed by atoms with E-state index in [1.165, 1.54) is 0 Å². The maximum absolute atomic E-state index is 12.4. The fourth-order valence-corrected chi connectivity index (χ4v) is 3.03. The quantitative estimate of drug-likeness (QED) is 0.861. The van der Waals surface area contributed by atoms with Crippen molar-refractivity contribution in [3.8, 4) is 0 Å². The summed E-state index contributed by atoms with van der Waals surface area (Å²) < 4.78 is 0. The van der Waals surface area contributed by atoms with Crippen LogP contribution in [0.2, 0.25) is 10.2 Å². The molecule has 6 nitrogen and oxygen atoms in total. The van der Waals surface area contributed by atoms with Gasteiger partial charge in [-0.05, 0) is 25.8 Å². The maximum Gasteiger partial charge on any atom is 0.270 e. The number of nitrogens with zero attached hydrogens (tertiary/aromatic N) is 2. The van der Waals surface area contributed by atoms with Crippen LogP contribution in [-0.2, 0) is 4.79 Å². The summed E-state index contributed by atoms with van der Waals surface area (Å²) in [5, 5.41) is 3.65. The summed E-state index contributed by atoms with van der Waals surface area (Å²) >= 11 is 11.7. The minimum atomic E-state index is -0.165. The van der Waals surface area contributed by atoms with E-state index in [4.69, 9.17) is 23.2 Å². The summed E-state index contributed by atoms with van der Waals surface area (Å²) in [4.78, 5) is 31.2. The van der Waals surface area contributed by atoms with Crippen molar-refractivity contribution in [3.63, 3.8) is 0 Å². The lowest BCUT2D eigenvalue weighted by atomic mass is 10.2. The molecule has 3 rings (SSSR count). The molecule has 2 fully saturated rings. The van der Waals surface area contributed by atoms with Crippen molar-refractivity contribution in [2.45, 2.75) is 31.8 Å². The third-order valence-electron chi connectivity index (χ3n) is 4.41. The van der Waals surface area contributed by atoms with Gasteiger partial charge in [-0.1, -0.05) is 23.2 Å². The third-order valence-corrected chi connectivity index (χ3v) is 5.10. The van der Waals surface area contributed by atoms with E-state index >= 15 is 0 Å². The second kappa shape index (κ2) is 6.71. The first-order valence-electron chi connectivity index (χ1n) is 7.83. The topological polar surface area (TPSA) is 68.4 Å². The zero-order valence-corrected chi connectivity index (χ0v) is 14.5. The molecule has 1 aromatic rings. The van der Waals surface area contributed by atoms with Gasteiger partial charge in [0.25, 0.3) is 5.91 Å². The number of H-pyrrole nitrogens is 1. The van der Waals surface area contributed by atoms with Gasteiger partial charge in [-0.15, -0.1) is 0 Å². The number of halogens is 2. The van der Waals surface area contributed by atoms with Gasteiger partial charge in [-0.25, -0.2) is 0 Å². The molecule has 2 amide bonds. The SMILES string of the molecule is CC(C(=O)NC1CC1)N1CCN(C(=O)c2cc(Cl)c(Cl)[nH]2)CC1. The molecule has 1 saturated heterocycles. The van der Waals surface area contributed by atoms with Gasteiger partial charge in [-0.3, -0.25) is 14.5 Å². The number of piperazine rings is 1. The molecule has 2 N–H and O–H groups in total. The van der Waals surface area contributed by atoms with E-state index in [0.29, 0.717) is 42.9 Å². The lowest BCUT2D eigenvalue weighted by Gasteiger charge is -2.37. The van der Waals surface area contributed by atoms with Gasteiger partial charge < -0.3 is 15.2 Å². The molecule has 0 radical (unpaired) electrons. The highest BCUT2D eigenvalue weighted by molar-refractivity contribution is 6.41. The normalized spacial score (nSPS) is 20.4. The van der Waals surface area contributed by atoms with Crippen LogP contribution in [0, 0.1) is 0 Å². The van der Waals surface area contributed by atoms with Crippen LogP contribution in [-0.4, -0.2) is 64.9 Å². The number of nitrogens with one attached hydrogen (secondary N) is 2. The highest BCUT2D eigenvalue weighted by atomic mass is 35.5. The Kier molecular flexibility index (Phi) is 4.85. The standard InChI is InChI=1S/C15H20Cl2N4O2/c1-9(14(22)18-10-2-3-10)20-4-6-21(7-5-20)15(23)12-8-11(16)13(17)19-12/h8-10,19H,2-7H2,1H3,(H,18,22). The van der Waals surface area contributed by atoms with Crippen molar-refractivity contribution in [2.24, 2.45) is 0 Å². The summed E-state index contributed by atoms with van der Waals surface area (Å²) in [5.74, 6) is -0.0382. The highest BCUT2D eigenvalue weighted by Crippen LogP contribution is 2.23. The fraction of sp³-hybridized carbons (Fsp3) is 0.600. The molecule has 2 aliphatic rings. The average Bonchev–Trinajstić information content (AvgIpc) is 3.30. The second-order valence-corrected chi connectivity index (χ2v) is 6.92. The predicted octanol–water partition coefficient (Wildman–Crippen LogP) is 1.75. The number of carbonyl (C=O) groups excluding carboxylic acids is 2. The summed E-state index contributed by atoms with van der Waals surface area (Å²) in [6.45, 7) is 4.42. The first-order chi connectivity index (χ1) is 11.0. The number of aromatic nitrogens is 1. The van der Waals surface area contributed by atoms with E-state index in [1.807, 2.05) is 6.92 Å². The first kappa shape index (κ1) is 16.6. The van der Waals surface area contributed by atoms with E-state index in [-0.39, 0.29) is 23.0 Å². The van der Waals surface area contributed by atoms with E-state index in [1.54, 1.807) is 11.0 Å². The van der Waals surface area contributed by atoms with Gasteiger partial charge in [0.15, 0.2) is 0 Å². The van der Waals surface area contributed by atoms with Crippen LogP contribution < -0.4 is 5.32 Å². The highest BCUT2D eigenvalue weighted by Gasteiger charge is 2.31. The third kappa shape index (κ3) is 3.82. The number of amides is 2. The molecule has 23 heavy (non-hydrogen) atoms. The van der Waals surface area contributed by atoms with Gasteiger partial charge >= 0.3 is 0 Å². The van der Waals surface area contributed by atoms with Crippen LogP contribution in [0.25, 0.3) is 0 Å². The molecule has 0 aromatic carbocycles. The average molecular weight is 359 g/mol. The summed E-state index contributed by atoms with van der Waals surface area (Å²) in [5.41, 5.74) is 0.396. The van der Waals surface area contributed by atoms with Crippen LogP contribution in [0.5, 0.6) is 0 Å². The van der Waals surface area contributed by atoms with Crippen molar-refractivity contribution in [2.75, 3.05) is 26.2 Å². The molecular weight excluding hydrogens is 339 g/mol. The lowest BCUT2D eigenvalue weighted by molar-refractivity contribution is -0.126. The maximum atomic E-state index is 12.4. The molecule has 126 valence electrons. The molecule has 1 aliphatic carbocycles.